The summed E-state index contributed by atoms with van der Waals surface area (Å²) in [6.07, 6.45) is 0.996. The van der Waals surface area contributed by atoms with Gasteiger partial charge in [-0.2, -0.15) is 11.8 Å². The molecule has 0 rings (SSSR count). The summed E-state index contributed by atoms with van der Waals surface area (Å²) in [5.41, 5.74) is 0. The van der Waals surface area contributed by atoms with Crippen LogP contribution in [0, 0.1) is 5.92 Å². The van der Waals surface area contributed by atoms with Crippen LogP contribution in [0.1, 0.15) is 41.0 Å². The molecule has 0 aromatic rings. The van der Waals surface area contributed by atoms with Crippen molar-refractivity contribution in [2.24, 2.45) is 5.92 Å². The number of hydrogen-bond acceptors (Lipinski definition) is 3. The van der Waals surface area contributed by atoms with Gasteiger partial charge in [-0.1, -0.05) is 34.1 Å². The summed E-state index contributed by atoms with van der Waals surface area (Å²) in [4.78, 5) is 0. The average Bonchev–Trinajstić information content (AvgIpc) is 2.22. The van der Waals surface area contributed by atoms with Crippen molar-refractivity contribution in [2.45, 2.75) is 58.4 Å². The molecule has 0 amide bonds. The Bertz CT molecular complexity index is 153. The Morgan fingerprint density at radius 2 is 1.80 bits per heavy atom. The van der Waals surface area contributed by atoms with E-state index >= 15 is 0 Å². The summed E-state index contributed by atoms with van der Waals surface area (Å²) in [6, 6.07) is 0.575. The summed E-state index contributed by atoms with van der Waals surface area (Å²) in [5.74, 6) is 1.80. The molecule has 92 valence electrons. The molecule has 2 N–H and O–H groups in total. The number of aliphatic hydroxyl groups excluding tert-OH is 1. The van der Waals surface area contributed by atoms with Crippen LogP contribution in [-0.4, -0.2) is 34.8 Å². The number of hydrogen-bond donors (Lipinski definition) is 2. The van der Waals surface area contributed by atoms with Crippen LogP contribution in [0.2, 0.25) is 0 Å². The third kappa shape index (κ3) is 6.44. The molecule has 0 radical (unpaired) electrons. The monoisotopic (exact) mass is 233 g/mol. The Labute approximate surface area is 99.2 Å². The van der Waals surface area contributed by atoms with Crippen LogP contribution in [0.4, 0.5) is 0 Å². The SMILES string of the molecule is CCNC(CSC(C)C(C)O)C(C)CC. The summed E-state index contributed by atoms with van der Waals surface area (Å²) in [5, 5.41) is 13.3. The normalized spacial score (nSPS) is 19.6. The van der Waals surface area contributed by atoms with Gasteiger partial charge in [0.2, 0.25) is 0 Å². The lowest BCUT2D eigenvalue weighted by molar-refractivity contribution is 0.196. The summed E-state index contributed by atoms with van der Waals surface area (Å²) in [7, 11) is 0. The zero-order valence-electron chi connectivity index (χ0n) is 10.8. The minimum atomic E-state index is -0.214. The van der Waals surface area contributed by atoms with Crippen molar-refractivity contribution < 1.29 is 5.11 Å². The number of thioether (sulfide) groups is 1. The Morgan fingerprint density at radius 3 is 2.20 bits per heavy atom. The smallest absolute Gasteiger partial charge is 0.0628 e. The van der Waals surface area contributed by atoms with E-state index in [1.807, 2.05) is 18.7 Å². The first kappa shape index (κ1) is 15.3. The molecule has 4 atom stereocenters. The summed E-state index contributed by atoms with van der Waals surface area (Å²) >= 11 is 1.86. The van der Waals surface area contributed by atoms with Gasteiger partial charge in [0, 0.05) is 17.0 Å². The van der Waals surface area contributed by atoms with E-state index in [0.29, 0.717) is 17.2 Å². The topological polar surface area (TPSA) is 32.3 Å². The van der Waals surface area contributed by atoms with Gasteiger partial charge in [-0.25, -0.2) is 0 Å². The number of nitrogens with one attached hydrogen (secondary N) is 1. The van der Waals surface area contributed by atoms with Gasteiger partial charge in [0.1, 0.15) is 0 Å². The maximum atomic E-state index is 9.42. The zero-order valence-corrected chi connectivity index (χ0v) is 11.6. The molecule has 0 fully saturated rings. The van der Waals surface area contributed by atoms with Crippen LogP contribution in [0.25, 0.3) is 0 Å². The second-order valence-electron chi connectivity index (χ2n) is 4.33. The second kappa shape index (κ2) is 8.43. The number of rotatable bonds is 8. The lowest BCUT2D eigenvalue weighted by Crippen LogP contribution is -2.37. The molecular formula is C12H27NOS. The van der Waals surface area contributed by atoms with Crippen molar-refractivity contribution in [3.8, 4) is 0 Å². The van der Waals surface area contributed by atoms with Crippen LogP contribution >= 0.6 is 11.8 Å². The maximum Gasteiger partial charge on any atom is 0.0628 e. The Kier molecular flexibility index (Phi) is 8.58. The maximum absolute atomic E-state index is 9.42. The van der Waals surface area contributed by atoms with Gasteiger partial charge in [-0.3, -0.25) is 0 Å². The Hall–Kier alpha value is 0.270. The summed E-state index contributed by atoms with van der Waals surface area (Å²) in [6.45, 7) is 11.7. The summed E-state index contributed by atoms with van der Waals surface area (Å²) < 4.78 is 0. The van der Waals surface area contributed by atoms with Gasteiger partial charge in [0.25, 0.3) is 0 Å². The minimum absolute atomic E-state index is 0.214. The van der Waals surface area contributed by atoms with Crippen LogP contribution in [0.5, 0.6) is 0 Å². The third-order valence-electron chi connectivity index (χ3n) is 3.02. The molecule has 0 bridgehead atoms. The molecule has 4 unspecified atom stereocenters. The van der Waals surface area contributed by atoms with Crippen LogP contribution in [-0.2, 0) is 0 Å². The van der Waals surface area contributed by atoms with Gasteiger partial charge in [0.05, 0.1) is 6.10 Å². The molecular weight excluding hydrogens is 206 g/mol. The highest BCUT2D eigenvalue weighted by atomic mass is 32.2. The second-order valence-corrected chi connectivity index (χ2v) is 5.74. The van der Waals surface area contributed by atoms with E-state index in [9.17, 15) is 5.11 Å². The van der Waals surface area contributed by atoms with E-state index in [1.165, 1.54) is 6.42 Å². The lowest BCUT2D eigenvalue weighted by Gasteiger charge is -2.25. The molecule has 0 saturated carbocycles. The molecule has 0 heterocycles. The molecule has 2 nitrogen and oxygen atoms in total. The highest BCUT2D eigenvalue weighted by Gasteiger charge is 2.17. The van der Waals surface area contributed by atoms with E-state index in [4.69, 9.17) is 0 Å². The standard InChI is InChI=1S/C12H27NOS/c1-6-9(3)12(13-7-2)8-15-11(5)10(4)14/h9-14H,6-8H2,1-5H3. The fraction of sp³-hybridized carbons (Fsp3) is 1.00. The van der Waals surface area contributed by atoms with Crippen molar-refractivity contribution in [1.82, 2.24) is 5.32 Å². The van der Waals surface area contributed by atoms with Crippen LogP contribution in [0.3, 0.4) is 0 Å². The highest BCUT2D eigenvalue weighted by molar-refractivity contribution is 7.99. The van der Waals surface area contributed by atoms with Crippen molar-refractivity contribution in [1.29, 1.82) is 0 Å². The average molecular weight is 233 g/mol. The number of aliphatic hydroxyl groups is 1. The van der Waals surface area contributed by atoms with Gasteiger partial charge >= 0.3 is 0 Å². The molecule has 0 aliphatic heterocycles. The Balaban J connectivity index is 3.95. The lowest BCUT2D eigenvalue weighted by atomic mass is 10.0. The first-order valence-electron chi connectivity index (χ1n) is 6.05. The molecule has 0 aliphatic rings. The van der Waals surface area contributed by atoms with Gasteiger partial charge in [-0.15, -0.1) is 0 Å². The largest absolute Gasteiger partial charge is 0.392 e. The van der Waals surface area contributed by atoms with Crippen molar-refractivity contribution in [3.05, 3.63) is 0 Å². The van der Waals surface area contributed by atoms with E-state index in [-0.39, 0.29) is 6.10 Å². The van der Waals surface area contributed by atoms with E-state index in [1.54, 1.807) is 0 Å². The predicted octanol–water partition coefficient (Wildman–Crippen LogP) is 2.51. The molecule has 0 aromatic heterocycles. The van der Waals surface area contributed by atoms with Crippen LogP contribution < -0.4 is 5.32 Å². The Morgan fingerprint density at radius 1 is 1.20 bits per heavy atom. The molecule has 0 spiro atoms. The van der Waals surface area contributed by atoms with E-state index in [2.05, 4.69) is 33.0 Å². The van der Waals surface area contributed by atoms with Gasteiger partial charge in [-0.05, 0) is 19.4 Å². The van der Waals surface area contributed by atoms with Crippen molar-refractivity contribution in [3.63, 3.8) is 0 Å². The first-order chi connectivity index (χ1) is 7.02. The van der Waals surface area contributed by atoms with E-state index < -0.39 is 0 Å². The van der Waals surface area contributed by atoms with Crippen molar-refractivity contribution in [2.75, 3.05) is 12.3 Å². The fourth-order valence-electron chi connectivity index (χ4n) is 1.37. The third-order valence-corrected chi connectivity index (χ3v) is 4.49. The molecule has 0 aliphatic carbocycles. The predicted molar refractivity (Wildman–Crippen MR) is 70.5 cm³/mol. The van der Waals surface area contributed by atoms with Gasteiger partial charge in [0.15, 0.2) is 0 Å². The first-order valence-corrected chi connectivity index (χ1v) is 7.10. The molecule has 0 saturated heterocycles. The molecule has 3 heteroatoms. The van der Waals surface area contributed by atoms with E-state index in [0.717, 1.165) is 12.3 Å². The zero-order chi connectivity index (χ0) is 11.8. The molecule has 0 aromatic carbocycles. The minimum Gasteiger partial charge on any atom is -0.392 e. The highest BCUT2D eigenvalue weighted by Crippen LogP contribution is 2.19. The molecule has 15 heavy (non-hydrogen) atoms. The van der Waals surface area contributed by atoms with Crippen molar-refractivity contribution >= 4 is 11.8 Å². The van der Waals surface area contributed by atoms with Gasteiger partial charge < -0.3 is 10.4 Å². The van der Waals surface area contributed by atoms with Crippen LogP contribution in [0.15, 0.2) is 0 Å². The fourth-order valence-corrected chi connectivity index (χ4v) is 2.60. The quantitative estimate of drug-likeness (QED) is 0.676.